The maximum Gasteiger partial charge on any atom is 0.321 e. The molecule has 3 heterocycles. The molecule has 122 valence electrons. The van der Waals surface area contributed by atoms with Gasteiger partial charge in [-0.15, -0.1) is 0 Å². The Bertz CT molecular complexity index is 656. The van der Waals surface area contributed by atoms with Crippen molar-refractivity contribution < 1.29 is 4.79 Å². The van der Waals surface area contributed by atoms with E-state index >= 15 is 0 Å². The number of piperazine rings is 1. The van der Waals surface area contributed by atoms with Gasteiger partial charge in [0.05, 0.1) is 17.9 Å². The molecule has 1 saturated heterocycles. The molecule has 2 N–H and O–H groups in total. The van der Waals surface area contributed by atoms with Crippen LogP contribution in [0.5, 0.6) is 0 Å². The number of imidazole rings is 1. The molecule has 3 rings (SSSR count). The highest BCUT2D eigenvalue weighted by atomic mass is 16.2. The lowest BCUT2D eigenvalue weighted by molar-refractivity contribution is 0.0946. The number of carbonyl (C=O) groups is 1. The highest BCUT2D eigenvalue weighted by Crippen LogP contribution is 2.23. The zero-order valence-electron chi connectivity index (χ0n) is 13.5. The number of H-pyrrole nitrogens is 1. The van der Waals surface area contributed by atoms with E-state index in [1.165, 1.54) is 0 Å². The average Bonchev–Trinajstić information content (AvgIpc) is 3.08. The number of rotatable bonds is 3. The highest BCUT2D eigenvalue weighted by molar-refractivity contribution is 5.89. The van der Waals surface area contributed by atoms with E-state index in [4.69, 9.17) is 0 Å². The topological polar surface area (TPSA) is 77.2 Å². The molecule has 0 aromatic carbocycles. The minimum Gasteiger partial charge on any atom is -0.347 e. The lowest BCUT2D eigenvalue weighted by atomic mass is 10.1. The van der Waals surface area contributed by atoms with Crippen molar-refractivity contribution >= 4 is 11.7 Å². The highest BCUT2D eigenvalue weighted by Gasteiger charge is 2.31. The predicted molar refractivity (Wildman–Crippen MR) is 88.1 cm³/mol. The summed E-state index contributed by atoms with van der Waals surface area (Å²) in [5, 5.41) is 2.93. The van der Waals surface area contributed by atoms with Gasteiger partial charge in [-0.25, -0.2) is 9.78 Å². The van der Waals surface area contributed by atoms with Crippen LogP contribution < -0.4 is 5.32 Å². The van der Waals surface area contributed by atoms with E-state index in [-0.39, 0.29) is 12.1 Å². The molecule has 7 heteroatoms. The fourth-order valence-corrected chi connectivity index (χ4v) is 2.93. The van der Waals surface area contributed by atoms with E-state index in [9.17, 15) is 4.79 Å². The van der Waals surface area contributed by atoms with E-state index in [0.717, 1.165) is 30.2 Å². The summed E-state index contributed by atoms with van der Waals surface area (Å²) in [4.78, 5) is 28.3. The molecule has 0 radical (unpaired) electrons. The summed E-state index contributed by atoms with van der Waals surface area (Å²) in [5.74, 6) is 0.904. The van der Waals surface area contributed by atoms with Gasteiger partial charge in [-0.1, -0.05) is 6.92 Å². The summed E-state index contributed by atoms with van der Waals surface area (Å²) in [5.41, 5.74) is 1.74. The van der Waals surface area contributed by atoms with Gasteiger partial charge in [0.1, 0.15) is 5.82 Å². The van der Waals surface area contributed by atoms with Crippen molar-refractivity contribution in [2.45, 2.75) is 19.9 Å². The number of amides is 2. The first-order valence-corrected chi connectivity index (χ1v) is 7.88. The Balaban J connectivity index is 1.69. The quantitative estimate of drug-likeness (QED) is 0.908. The number of nitrogens with one attached hydrogen (secondary N) is 2. The minimum absolute atomic E-state index is 0.0929. The smallest absolute Gasteiger partial charge is 0.321 e. The van der Waals surface area contributed by atoms with Crippen LogP contribution in [-0.4, -0.2) is 57.0 Å². The Hall–Kier alpha value is -2.41. The predicted octanol–water partition coefficient (Wildman–Crippen LogP) is 2.02. The molecule has 1 aliphatic heterocycles. The third-order valence-corrected chi connectivity index (χ3v) is 4.15. The fraction of sp³-hybridized carbons (Fsp3) is 0.438. The lowest BCUT2D eigenvalue weighted by Crippen LogP contribution is -2.51. The Kier molecular flexibility index (Phi) is 4.57. The van der Waals surface area contributed by atoms with Gasteiger partial charge in [0.25, 0.3) is 0 Å². The zero-order chi connectivity index (χ0) is 16.2. The number of aromatic nitrogens is 3. The molecule has 7 nitrogen and oxygen atoms in total. The molecule has 2 aromatic rings. The Labute approximate surface area is 135 Å². The SMILES string of the molecule is CCN1CCN(C(=O)Nc2cncc(C)c2)C[C@@H]1c1ncc[nH]1. The van der Waals surface area contributed by atoms with Gasteiger partial charge in [-0.05, 0) is 25.1 Å². The molecule has 23 heavy (non-hydrogen) atoms. The third-order valence-electron chi connectivity index (χ3n) is 4.15. The number of likely N-dealkylation sites (N-methyl/N-ethyl adjacent to an activating group) is 1. The van der Waals surface area contributed by atoms with Gasteiger partial charge >= 0.3 is 6.03 Å². The lowest BCUT2D eigenvalue weighted by Gasteiger charge is -2.39. The number of aromatic amines is 1. The molecule has 0 saturated carbocycles. The standard InChI is InChI=1S/C16H22N6O/c1-3-21-6-7-22(11-14(21)15-18-4-5-19-15)16(23)20-13-8-12(2)9-17-10-13/h4-5,8-10,14H,3,6-7,11H2,1-2H3,(H,18,19)(H,20,23)/t14-/m1/s1. The molecule has 2 aromatic heterocycles. The Morgan fingerprint density at radius 3 is 3.00 bits per heavy atom. The van der Waals surface area contributed by atoms with Gasteiger partial charge in [0.2, 0.25) is 0 Å². The summed E-state index contributed by atoms with van der Waals surface area (Å²) in [7, 11) is 0. The number of nitrogens with zero attached hydrogens (tertiary/aromatic N) is 4. The number of anilines is 1. The van der Waals surface area contributed by atoms with Crippen molar-refractivity contribution in [3.05, 3.63) is 42.2 Å². The van der Waals surface area contributed by atoms with E-state index in [1.54, 1.807) is 18.6 Å². The summed E-state index contributed by atoms with van der Waals surface area (Å²) in [6.45, 7) is 7.17. The van der Waals surface area contributed by atoms with Crippen LogP contribution in [-0.2, 0) is 0 Å². The largest absolute Gasteiger partial charge is 0.347 e. The van der Waals surface area contributed by atoms with Crippen LogP contribution in [0.3, 0.4) is 0 Å². The van der Waals surface area contributed by atoms with Gasteiger partial charge in [-0.2, -0.15) is 0 Å². The van der Waals surface area contributed by atoms with Crippen molar-refractivity contribution in [3.63, 3.8) is 0 Å². The van der Waals surface area contributed by atoms with E-state index in [1.807, 2.05) is 24.1 Å². The average molecular weight is 314 g/mol. The molecule has 0 aliphatic carbocycles. The minimum atomic E-state index is -0.0929. The number of aryl methyl sites for hydroxylation is 1. The number of hydrogen-bond acceptors (Lipinski definition) is 4. The molecule has 0 bridgehead atoms. The molecule has 1 atom stereocenters. The molecule has 1 fully saturated rings. The second kappa shape index (κ2) is 6.78. The summed E-state index contributed by atoms with van der Waals surface area (Å²) in [6.07, 6.45) is 7.00. The van der Waals surface area contributed by atoms with Crippen LogP contribution in [0.15, 0.2) is 30.9 Å². The Morgan fingerprint density at radius 2 is 2.30 bits per heavy atom. The van der Waals surface area contributed by atoms with E-state index in [2.05, 4.69) is 32.1 Å². The Morgan fingerprint density at radius 1 is 1.43 bits per heavy atom. The summed E-state index contributed by atoms with van der Waals surface area (Å²) >= 11 is 0. The first kappa shape index (κ1) is 15.5. The van der Waals surface area contributed by atoms with Crippen LogP contribution >= 0.6 is 0 Å². The van der Waals surface area contributed by atoms with Crippen LogP contribution in [0.1, 0.15) is 24.4 Å². The number of hydrogen-bond donors (Lipinski definition) is 2. The van der Waals surface area contributed by atoms with E-state index in [0.29, 0.717) is 13.1 Å². The second-order valence-electron chi connectivity index (χ2n) is 5.75. The van der Waals surface area contributed by atoms with Gasteiger partial charge in [0.15, 0.2) is 0 Å². The maximum absolute atomic E-state index is 12.5. The van der Waals surface area contributed by atoms with Crippen molar-refractivity contribution in [1.29, 1.82) is 0 Å². The van der Waals surface area contributed by atoms with Crippen LogP contribution in [0.4, 0.5) is 10.5 Å². The fourth-order valence-electron chi connectivity index (χ4n) is 2.93. The van der Waals surface area contributed by atoms with Crippen LogP contribution in [0.25, 0.3) is 0 Å². The number of urea groups is 1. The van der Waals surface area contributed by atoms with Gasteiger partial charge < -0.3 is 15.2 Å². The third kappa shape index (κ3) is 3.50. The molecule has 2 amide bonds. The van der Waals surface area contributed by atoms with Crippen LogP contribution in [0.2, 0.25) is 0 Å². The maximum atomic E-state index is 12.5. The van der Waals surface area contributed by atoms with Gasteiger partial charge in [0, 0.05) is 38.2 Å². The van der Waals surface area contributed by atoms with E-state index < -0.39 is 0 Å². The first-order chi connectivity index (χ1) is 11.2. The van der Waals surface area contributed by atoms with Crippen molar-refractivity contribution in [1.82, 2.24) is 24.8 Å². The van der Waals surface area contributed by atoms with Crippen molar-refractivity contribution in [2.75, 3.05) is 31.5 Å². The second-order valence-corrected chi connectivity index (χ2v) is 5.75. The monoisotopic (exact) mass is 314 g/mol. The number of carbonyl (C=O) groups excluding carboxylic acids is 1. The molecular formula is C16H22N6O. The van der Waals surface area contributed by atoms with Crippen molar-refractivity contribution in [2.24, 2.45) is 0 Å². The van der Waals surface area contributed by atoms with Crippen molar-refractivity contribution in [3.8, 4) is 0 Å². The first-order valence-electron chi connectivity index (χ1n) is 7.88. The summed E-state index contributed by atoms with van der Waals surface area (Å²) in [6, 6.07) is 1.92. The number of pyridine rings is 1. The molecule has 1 aliphatic rings. The molecule has 0 unspecified atom stereocenters. The summed E-state index contributed by atoms with van der Waals surface area (Å²) < 4.78 is 0. The normalized spacial score (nSPS) is 18.9. The van der Waals surface area contributed by atoms with Gasteiger partial charge in [-0.3, -0.25) is 9.88 Å². The molecule has 0 spiro atoms. The van der Waals surface area contributed by atoms with Crippen LogP contribution in [0, 0.1) is 6.92 Å². The molecular weight excluding hydrogens is 292 g/mol. The zero-order valence-corrected chi connectivity index (χ0v) is 13.5.